The minimum absolute atomic E-state index is 0.232. The van der Waals surface area contributed by atoms with E-state index in [2.05, 4.69) is 10.6 Å². The van der Waals surface area contributed by atoms with Gasteiger partial charge in [-0.1, -0.05) is 12.1 Å². The Morgan fingerprint density at radius 3 is 2.65 bits per heavy atom. The van der Waals surface area contributed by atoms with Crippen molar-refractivity contribution in [1.82, 2.24) is 10.6 Å². The molecule has 144 valence electrons. The predicted octanol–water partition coefficient (Wildman–Crippen LogP) is 1.42. The maximum absolute atomic E-state index is 11.7. The van der Waals surface area contributed by atoms with Crippen LogP contribution in [0.2, 0.25) is 0 Å². The molecule has 0 spiro atoms. The summed E-state index contributed by atoms with van der Waals surface area (Å²) in [4.78, 5) is 0.365. The zero-order valence-corrected chi connectivity index (χ0v) is 16.0. The van der Waals surface area contributed by atoms with E-state index in [9.17, 15) is 8.42 Å². The second-order valence-corrected chi connectivity index (χ2v) is 9.70. The molecule has 5 unspecified atom stereocenters. The van der Waals surface area contributed by atoms with Crippen LogP contribution in [0.4, 0.5) is 0 Å². The van der Waals surface area contributed by atoms with Crippen LogP contribution >= 0.6 is 0 Å². The van der Waals surface area contributed by atoms with E-state index in [0.717, 1.165) is 44.4 Å². The number of sulfone groups is 1. The van der Waals surface area contributed by atoms with Gasteiger partial charge in [0, 0.05) is 31.4 Å². The fourth-order valence-corrected chi connectivity index (χ4v) is 4.96. The van der Waals surface area contributed by atoms with Crippen LogP contribution in [-0.4, -0.2) is 58.8 Å². The van der Waals surface area contributed by atoms with E-state index in [1.807, 2.05) is 12.1 Å². The Kier molecular flexibility index (Phi) is 5.34. The van der Waals surface area contributed by atoms with E-state index in [1.165, 1.54) is 6.26 Å². The van der Waals surface area contributed by atoms with Crippen LogP contribution in [0.5, 0.6) is 0 Å². The van der Waals surface area contributed by atoms with Crippen molar-refractivity contribution in [3.05, 3.63) is 29.8 Å². The number of ether oxygens (including phenoxy) is 2. The van der Waals surface area contributed by atoms with E-state index in [4.69, 9.17) is 9.47 Å². The Morgan fingerprint density at radius 1 is 1.15 bits per heavy atom. The van der Waals surface area contributed by atoms with Gasteiger partial charge in [0.2, 0.25) is 0 Å². The first-order valence-electron chi connectivity index (χ1n) is 9.53. The maximum atomic E-state index is 11.7. The fourth-order valence-electron chi connectivity index (χ4n) is 4.33. The molecule has 5 atom stereocenters. The SMILES string of the molecule is CS(=O)(=O)c1ccc(C2COC3CCC(NCC4CCCO4)NC32)cc1. The molecule has 26 heavy (non-hydrogen) atoms. The molecule has 0 aliphatic carbocycles. The number of nitrogens with one attached hydrogen (secondary N) is 2. The third-order valence-corrected chi connectivity index (χ3v) is 6.94. The first kappa shape index (κ1) is 18.4. The Balaban J connectivity index is 1.40. The van der Waals surface area contributed by atoms with Crippen molar-refractivity contribution in [2.45, 2.75) is 60.9 Å². The summed E-state index contributed by atoms with van der Waals surface area (Å²) in [6, 6.07) is 7.52. The fraction of sp³-hybridized carbons (Fsp3) is 0.684. The van der Waals surface area contributed by atoms with Crippen molar-refractivity contribution < 1.29 is 17.9 Å². The summed E-state index contributed by atoms with van der Waals surface area (Å²) in [6.45, 7) is 2.46. The zero-order valence-electron chi connectivity index (χ0n) is 15.2. The standard InChI is InChI=1S/C19H28N2O4S/c1-26(22,23)15-6-4-13(5-7-15)16-12-25-17-8-9-18(21-19(16)17)20-11-14-3-2-10-24-14/h4-7,14,16-21H,2-3,8-12H2,1H3. The summed E-state index contributed by atoms with van der Waals surface area (Å²) in [5, 5.41) is 7.33. The van der Waals surface area contributed by atoms with Gasteiger partial charge in [0.25, 0.3) is 0 Å². The zero-order chi connectivity index (χ0) is 18.1. The molecule has 3 saturated heterocycles. The van der Waals surface area contributed by atoms with Gasteiger partial charge in [0.1, 0.15) is 0 Å². The molecule has 0 aromatic heterocycles. The van der Waals surface area contributed by atoms with Crippen molar-refractivity contribution in [2.24, 2.45) is 0 Å². The number of benzene rings is 1. The molecular formula is C19H28N2O4S. The third kappa shape index (κ3) is 3.97. The second-order valence-electron chi connectivity index (χ2n) is 7.69. The molecule has 2 N–H and O–H groups in total. The molecule has 7 heteroatoms. The highest BCUT2D eigenvalue weighted by molar-refractivity contribution is 7.90. The summed E-state index contributed by atoms with van der Waals surface area (Å²) in [7, 11) is -3.16. The molecule has 1 aromatic rings. The first-order valence-corrected chi connectivity index (χ1v) is 11.4. The van der Waals surface area contributed by atoms with Crippen LogP contribution in [0, 0.1) is 0 Å². The molecule has 6 nitrogen and oxygen atoms in total. The van der Waals surface area contributed by atoms with Crippen molar-refractivity contribution in [3.63, 3.8) is 0 Å². The molecule has 3 heterocycles. The lowest BCUT2D eigenvalue weighted by molar-refractivity contribution is 0.0596. The number of hydrogen-bond donors (Lipinski definition) is 2. The lowest BCUT2D eigenvalue weighted by atomic mass is 9.87. The highest BCUT2D eigenvalue weighted by Gasteiger charge is 2.42. The van der Waals surface area contributed by atoms with E-state index in [0.29, 0.717) is 17.6 Å². The quantitative estimate of drug-likeness (QED) is 0.805. The van der Waals surface area contributed by atoms with E-state index in [-0.39, 0.29) is 24.2 Å². The van der Waals surface area contributed by atoms with Crippen LogP contribution < -0.4 is 10.6 Å². The van der Waals surface area contributed by atoms with Gasteiger partial charge < -0.3 is 9.47 Å². The molecular weight excluding hydrogens is 352 g/mol. The van der Waals surface area contributed by atoms with Crippen molar-refractivity contribution >= 4 is 9.84 Å². The lowest BCUT2D eigenvalue weighted by Crippen LogP contribution is -2.56. The monoisotopic (exact) mass is 380 g/mol. The first-order chi connectivity index (χ1) is 12.5. The van der Waals surface area contributed by atoms with Crippen LogP contribution in [0.15, 0.2) is 29.2 Å². The van der Waals surface area contributed by atoms with Crippen LogP contribution in [-0.2, 0) is 19.3 Å². The summed E-state index contributed by atoms with van der Waals surface area (Å²) < 4.78 is 35.0. The number of fused-ring (bicyclic) bond motifs is 1. The minimum Gasteiger partial charge on any atom is -0.377 e. The van der Waals surface area contributed by atoms with Gasteiger partial charge in [-0.3, -0.25) is 10.6 Å². The average Bonchev–Trinajstić information content (AvgIpc) is 3.28. The van der Waals surface area contributed by atoms with Crippen LogP contribution in [0.1, 0.15) is 37.2 Å². The van der Waals surface area contributed by atoms with Gasteiger partial charge in [0.05, 0.1) is 29.9 Å². The van der Waals surface area contributed by atoms with Gasteiger partial charge in [-0.25, -0.2) is 8.42 Å². The smallest absolute Gasteiger partial charge is 0.175 e. The third-order valence-electron chi connectivity index (χ3n) is 5.81. The van der Waals surface area contributed by atoms with E-state index >= 15 is 0 Å². The normalized spacial score (nSPS) is 34.7. The molecule has 3 fully saturated rings. The minimum atomic E-state index is -3.16. The van der Waals surface area contributed by atoms with Gasteiger partial charge in [-0.05, 0) is 43.4 Å². The molecule has 0 radical (unpaired) electrons. The number of piperidine rings is 1. The van der Waals surface area contributed by atoms with E-state index < -0.39 is 9.84 Å². The summed E-state index contributed by atoms with van der Waals surface area (Å²) >= 11 is 0. The van der Waals surface area contributed by atoms with Crippen LogP contribution in [0.25, 0.3) is 0 Å². The largest absolute Gasteiger partial charge is 0.377 e. The average molecular weight is 381 g/mol. The summed E-state index contributed by atoms with van der Waals surface area (Å²) in [5.74, 6) is 0.251. The summed E-state index contributed by atoms with van der Waals surface area (Å²) in [6.07, 6.45) is 6.48. The van der Waals surface area contributed by atoms with Crippen molar-refractivity contribution in [2.75, 3.05) is 26.0 Å². The molecule has 1 aromatic carbocycles. The molecule has 3 aliphatic heterocycles. The molecule has 0 saturated carbocycles. The van der Waals surface area contributed by atoms with E-state index in [1.54, 1.807) is 12.1 Å². The molecule has 3 aliphatic rings. The Morgan fingerprint density at radius 2 is 1.96 bits per heavy atom. The Bertz CT molecular complexity index is 716. The number of rotatable bonds is 5. The van der Waals surface area contributed by atoms with Gasteiger partial charge >= 0.3 is 0 Å². The van der Waals surface area contributed by atoms with Gasteiger partial charge in [-0.15, -0.1) is 0 Å². The predicted molar refractivity (Wildman–Crippen MR) is 99.0 cm³/mol. The number of hydrogen-bond acceptors (Lipinski definition) is 6. The second kappa shape index (κ2) is 7.56. The lowest BCUT2D eigenvalue weighted by Gasteiger charge is -2.36. The maximum Gasteiger partial charge on any atom is 0.175 e. The van der Waals surface area contributed by atoms with Crippen molar-refractivity contribution in [3.8, 4) is 0 Å². The van der Waals surface area contributed by atoms with Gasteiger partial charge in [-0.2, -0.15) is 0 Å². The molecule has 0 amide bonds. The van der Waals surface area contributed by atoms with Gasteiger partial charge in [0.15, 0.2) is 9.84 Å². The molecule has 0 bridgehead atoms. The Labute approximate surface area is 155 Å². The topological polar surface area (TPSA) is 76.7 Å². The Hall–Kier alpha value is -0.990. The van der Waals surface area contributed by atoms with Crippen LogP contribution in [0.3, 0.4) is 0 Å². The highest BCUT2D eigenvalue weighted by atomic mass is 32.2. The highest BCUT2D eigenvalue weighted by Crippen LogP contribution is 2.35. The molecule has 4 rings (SSSR count). The summed E-state index contributed by atoms with van der Waals surface area (Å²) in [5.41, 5.74) is 1.14. The van der Waals surface area contributed by atoms with Crippen molar-refractivity contribution in [1.29, 1.82) is 0 Å².